The van der Waals surface area contributed by atoms with Gasteiger partial charge in [-0.25, -0.2) is 18.0 Å². The van der Waals surface area contributed by atoms with E-state index in [-0.39, 0.29) is 0 Å². The molecule has 0 aromatic heterocycles. The zero-order chi connectivity index (χ0) is 10.9. The molecule has 2 nitrogen and oxygen atoms in total. The van der Waals surface area contributed by atoms with Crippen LogP contribution in [0.2, 0.25) is 0 Å². The monoisotopic (exact) mass is 210 g/mol. The van der Waals surface area contributed by atoms with E-state index in [0.29, 0.717) is 7.11 Å². The molecule has 0 saturated carbocycles. The fourth-order valence-corrected chi connectivity index (χ4v) is 0.477. The van der Waals surface area contributed by atoms with Gasteiger partial charge in [0.05, 0.1) is 7.11 Å². The minimum absolute atomic E-state index is 0.380. The van der Waals surface area contributed by atoms with Crippen molar-refractivity contribution in [2.24, 2.45) is 0 Å². The summed E-state index contributed by atoms with van der Waals surface area (Å²) in [6.07, 6.45) is -10.5. The molecule has 0 spiro atoms. The lowest BCUT2D eigenvalue weighted by atomic mass is 10.1. The summed E-state index contributed by atoms with van der Waals surface area (Å²) in [7, 11) is 0.380. The fourth-order valence-electron chi connectivity index (χ4n) is 0.477. The molecule has 0 fully saturated rings. The van der Waals surface area contributed by atoms with Crippen LogP contribution in [-0.4, -0.2) is 31.3 Å². The number of hydrogen-bond acceptors (Lipinski definition) is 2. The second-order valence-corrected chi connectivity index (χ2v) is 2.00. The Morgan fingerprint density at radius 3 is 1.69 bits per heavy atom. The van der Waals surface area contributed by atoms with Crippen LogP contribution >= 0.6 is 0 Å². The van der Waals surface area contributed by atoms with Gasteiger partial charge >= 0.3 is 17.8 Å². The van der Waals surface area contributed by atoms with E-state index in [4.69, 9.17) is 0 Å². The highest BCUT2D eigenvalue weighted by molar-refractivity contribution is 5.81. The van der Waals surface area contributed by atoms with Gasteiger partial charge in [-0.3, -0.25) is 0 Å². The number of methoxy groups -OCH3 is 1. The van der Waals surface area contributed by atoms with Gasteiger partial charge in [0.15, 0.2) is 0 Å². The number of carbonyl (C=O) groups excluding carboxylic acids is 1. The van der Waals surface area contributed by atoms with E-state index < -0.39 is 24.2 Å². The van der Waals surface area contributed by atoms with Crippen molar-refractivity contribution in [1.29, 1.82) is 0 Å². The van der Waals surface area contributed by atoms with Crippen molar-refractivity contribution >= 4 is 5.97 Å². The quantitative estimate of drug-likeness (QED) is 0.512. The van der Waals surface area contributed by atoms with E-state index in [1.807, 2.05) is 0 Å². The molecule has 0 aromatic carbocycles. The van der Waals surface area contributed by atoms with Gasteiger partial charge in [-0.1, -0.05) is 0 Å². The summed E-state index contributed by atoms with van der Waals surface area (Å²) in [6.45, 7) is 0. The molecule has 0 amide bonds. The van der Waals surface area contributed by atoms with Gasteiger partial charge in [0.1, 0.15) is 0 Å². The third-order valence-corrected chi connectivity index (χ3v) is 1.20. The van der Waals surface area contributed by atoms with Crippen molar-refractivity contribution in [3.63, 3.8) is 0 Å². The van der Waals surface area contributed by atoms with E-state index >= 15 is 0 Å². The van der Waals surface area contributed by atoms with Gasteiger partial charge in [0.2, 0.25) is 0 Å². The van der Waals surface area contributed by atoms with Crippen LogP contribution in [0, 0.1) is 0 Å². The van der Waals surface area contributed by atoms with E-state index in [2.05, 4.69) is 4.74 Å². The van der Waals surface area contributed by atoms with Gasteiger partial charge < -0.3 is 4.74 Å². The predicted molar refractivity (Wildman–Crippen MR) is 27.9 cm³/mol. The molecule has 13 heavy (non-hydrogen) atoms. The van der Waals surface area contributed by atoms with Crippen molar-refractivity contribution in [2.75, 3.05) is 7.11 Å². The molecule has 0 saturated heterocycles. The lowest BCUT2D eigenvalue weighted by Gasteiger charge is -2.23. The second kappa shape index (κ2) is 3.43. The molecule has 1 atom stereocenters. The topological polar surface area (TPSA) is 26.3 Å². The summed E-state index contributed by atoms with van der Waals surface area (Å²) in [5, 5.41) is 0. The summed E-state index contributed by atoms with van der Waals surface area (Å²) in [5.74, 6) is -2.66. The predicted octanol–water partition coefficient (Wildman–Crippen LogP) is 1.70. The highest BCUT2D eigenvalue weighted by atomic mass is 19.4. The van der Waals surface area contributed by atoms with Crippen LogP contribution < -0.4 is 0 Å². The Kier molecular flexibility index (Phi) is 3.18. The number of carbonyl (C=O) groups is 1. The van der Waals surface area contributed by atoms with E-state index in [1.54, 1.807) is 0 Å². The molecule has 1 unspecified atom stereocenters. The van der Waals surface area contributed by atoms with Crippen molar-refractivity contribution in [3.8, 4) is 0 Å². The zero-order valence-corrected chi connectivity index (χ0v) is 6.16. The first-order valence-corrected chi connectivity index (χ1v) is 2.80. The van der Waals surface area contributed by atoms with E-state index in [0.717, 1.165) is 0 Å². The van der Waals surface area contributed by atoms with Crippen LogP contribution in [0.3, 0.4) is 0 Å². The second-order valence-electron chi connectivity index (χ2n) is 2.00. The van der Waals surface area contributed by atoms with Crippen molar-refractivity contribution in [1.82, 2.24) is 0 Å². The highest BCUT2D eigenvalue weighted by Gasteiger charge is 2.69. The first-order valence-electron chi connectivity index (χ1n) is 2.80. The lowest BCUT2D eigenvalue weighted by molar-refractivity contribution is -0.267. The highest BCUT2D eigenvalue weighted by Crippen LogP contribution is 2.39. The van der Waals surface area contributed by atoms with Gasteiger partial charge in [-0.2, -0.15) is 13.2 Å². The van der Waals surface area contributed by atoms with Crippen LogP contribution in [0.5, 0.6) is 0 Å². The first kappa shape index (κ1) is 12.0. The van der Waals surface area contributed by atoms with Gasteiger partial charge in [0, 0.05) is 0 Å². The number of halogens is 6. The molecular formula is C5H4F6O2. The standard InChI is InChI=1S/C5H4F6O2/c1-13-3(12)4(8,2(6)7)5(9,10)11/h2H,1H3. The molecule has 0 aliphatic rings. The number of esters is 1. The maximum absolute atomic E-state index is 12.5. The average Bonchev–Trinajstić information content (AvgIpc) is 1.98. The lowest BCUT2D eigenvalue weighted by Crippen LogP contribution is -2.54. The molecule has 0 aliphatic heterocycles. The van der Waals surface area contributed by atoms with Crippen LogP contribution in [-0.2, 0) is 9.53 Å². The molecule has 8 heteroatoms. The maximum atomic E-state index is 12.5. The van der Waals surface area contributed by atoms with E-state index in [9.17, 15) is 31.1 Å². The molecule has 0 heterocycles. The van der Waals surface area contributed by atoms with Crippen LogP contribution in [0.4, 0.5) is 26.3 Å². The summed E-state index contributed by atoms with van der Waals surface area (Å²) in [6, 6.07) is 0. The Labute approximate surface area is 68.5 Å². The normalized spacial score (nSPS) is 16.9. The number of ether oxygens (including phenoxy) is 1. The van der Waals surface area contributed by atoms with Crippen molar-refractivity contribution in [3.05, 3.63) is 0 Å². The molecule has 78 valence electrons. The third-order valence-electron chi connectivity index (χ3n) is 1.20. The van der Waals surface area contributed by atoms with Crippen LogP contribution in [0.25, 0.3) is 0 Å². The fraction of sp³-hybridized carbons (Fsp3) is 0.800. The minimum Gasteiger partial charge on any atom is -0.466 e. The molecule has 0 rings (SSSR count). The summed E-state index contributed by atoms with van der Waals surface area (Å²) >= 11 is 0. The smallest absolute Gasteiger partial charge is 0.439 e. The number of rotatable bonds is 2. The van der Waals surface area contributed by atoms with Crippen molar-refractivity contribution < 1.29 is 35.9 Å². The SMILES string of the molecule is COC(=O)C(F)(C(F)F)C(F)(F)F. The molecule has 0 N–H and O–H groups in total. The van der Waals surface area contributed by atoms with Gasteiger partial charge in [-0.05, 0) is 0 Å². The molecule has 0 bridgehead atoms. The minimum atomic E-state index is -5.99. The summed E-state index contributed by atoms with van der Waals surface area (Å²) < 4.78 is 73.9. The summed E-state index contributed by atoms with van der Waals surface area (Å²) in [5.41, 5.74) is -5.25. The molecule has 0 radical (unpaired) electrons. The first-order chi connectivity index (χ1) is 5.67. The van der Waals surface area contributed by atoms with Gasteiger partial charge in [0.25, 0.3) is 6.43 Å². The van der Waals surface area contributed by atoms with Crippen LogP contribution in [0.1, 0.15) is 0 Å². The largest absolute Gasteiger partial charge is 0.466 e. The van der Waals surface area contributed by atoms with Gasteiger partial charge in [-0.15, -0.1) is 0 Å². The van der Waals surface area contributed by atoms with Crippen molar-refractivity contribution in [2.45, 2.75) is 18.3 Å². The Hall–Kier alpha value is -0.950. The maximum Gasteiger partial charge on any atom is 0.439 e. The molecule has 0 aliphatic carbocycles. The van der Waals surface area contributed by atoms with E-state index in [1.165, 1.54) is 0 Å². The molecular weight excluding hydrogens is 206 g/mol. The zero-order valence-electron chi connectivity index (χ0n) is 6.16. The Bertz CT molecular complexity index is 200. The Balaban J connectivity index is 5.08. The Morgan fingerprint density at radius 2 is 1.62 bits per heavy atom. The average molecular weight is 210 g/mol. The number of alkyl halides is 6. The summed E-state index contributed by atoms with van der Waals surface area (Å²) in [4.78, 5) is 10.1. The van der Waals surface area contributed by atoms with Crippen LogP contribution in [0.15, 0.2) is 0 Å². The number of hydrogen-bond donors (Lipinski definition) is 0. The third kappa shape index (κ3) is 1.86. The molecule has 0 aromatic rings. The Morgan fingerprint density at radius 1 is 1.23 bits per heavy atom.